The van der Waals surface area contributed by atoms with Crippen LogP contribution in [0.2, 0.25) is 0 Å². The average molecular weight is 389 g/mol. The van der Waals surface area contributed by atoms with Crippen LogP contribution >= 0.6 is 28.1 Å². The zero-order valence-electron chi connectivity index (χ0n) is 13.0. The van der Waals surface area contributed by atoms with Crippen LogP contribution in [0.25, 0.3) is 0 Å². The summed E-state index contributed by atoms with van der Waals surface area (Å²) < 4.78 is 0.969. The fraction of sp³-hybridized carbons (Fsp3) is 0.389. The van der Waals surface area contributed by atoms with Crippen molar-refractivity contribution in [2.45, 2.75) is 32.6 Å². The second-order valence-electron chi connectivity index (χ2n) is 6.96. The molecule has 1 aromatic rings. The molecule has 0 amide bonds. The number of benzene rings is 1. The number of carbonyl (C=O) groups excluding carboxylic acids is 1. The predicted octanol–water partition coefficient (Wildman–Crippen LogP) is 4.25. The van der Waals surface area contributed by atoms with E-state index in [-0.39, 0.29) is 17.1 Å². The number of carbonyl (C=O) groups is 1. The summed E-state index contributed by atoms with van der Waals surface area (Å²) in [7, 11) is 0. The molecule has 3 rings (SSSR count). The van der Waals surface area contributed by atoms with Crippen LogP contribution in [0, 0.1) is 22.7 Å². The summed E-state index contributed by atoms with van der Waals surface area (Å²) in [6, 6.07) is 10.1. The first-order chi connectivity index (χ1) is 10.8. The number of thiocarbonyl (C=S) groups is 1. The number of allylic oxidation sites excluding steroid dienone is 2. The highest BCUT2D eigenvalue weighted by Crippen LogP contribution is 2.46. The zero-order chi connectivity index (χ0) is 16.8. The Morgan fingerprint density at radius 3 is 2.57 bits per heavy atom. The van der Waals surface area contributed by atoms with E-state index in [2.05, 4.69) is 41.2 Å². The molecule has 2 aliphatic rings. The first kappa shape index (κ1) is 16.4. The molecule has 1 N–H and O–H groups in total. The van der Waals surface area contributed by atoms with Crippen LogP contribution in [0.1, 0.15) is 38.2 Å². The largest absolute Gasteiger partial charge is 0.352 e. The first-order valence-electron chi connectivity index (χ1n) is 7.54. The second-order valence-corrected chi connectivity index (χ2v) is 8.31. The summed E-state index contributed by atoms with van der Waals surface area (Å²) >= 11 is 8.85. The molecule has 1 aliphatic carbocycles. The van der Waals surface area contributed by atoms with E-state index < -0.39 is 5.92 Å². The number of nitrogens with one attached hydrogen (secondary N) is 1. The lowest BCUT2D eigenvalue weighted by Gasteiger charge is -2.40. The average Bonchev–Trinajstić information content (AvgIpc) is 2.45. The Kier molecular flexibility index (Phi) is 4.16. The van der Waals surface area contributed by atoms with E-state index in [0.717, 1.165) is 27.7 Å². The maximum Gasteiger partial charge on any atom is 0.161 e. The van der Waals surface area contributed by atoms with Gasteiger partial charge < -0.3 is 5.32 Å². The number of nitrogens with zero attached hydrogens (tertiary/aromatic N) is 1. The number of ketones is 1. The van der Waals surface area contributed by atoms with Crippen LogP contribution in [0.3, 0.4) is 0 Å². The van der Waals surface area contributed by atoms with Gasteiger partial charge in [-0.05, 0) is 29.5 Å². The molecular formula is C18H17BrN2OS. The second kappa shape index (κ2) is 5.85. The molecule has 0 saturated carbocycles. The number of hydrogen-bond acceptors (Lipinski definition) is 3. The quantitative estimate of drug-likeness (QED) is 0.730. The van der Waals surface area contributed by atoms with Crippen LogP contribution in [0.15, 0.2) is 40.0 Å². The van der Waals surface area contributed by atoms with Gasteiger partial charge in [0.25, 0.3) is 0 Å². The predicted molar refractivity (Wildman–Crippen MR) is 96.8 cm³/mol. The smallest absolute Gasteiger partial charge is 0.161 e. The topological polar surface area (TPSA) is 52.9 Å². The van der Waals surface area contributed by atoms with Crippen LogP contribution in [-0.2, 0) is 4.79 Å². The minimum atomic E-state index is -0.505. The third-order valence-electron chi connectivity index (χ3n) is 4.49. The highest BCUT2D eigenvalue weighted by Gasteiger charge is 2.44. The number of Topliss-reactive ketones (excluding diaryl/α,β-unsaturated/α-hetero) is 1. The van der Waals surface area contributed by atoms with Gasteiger partial charge in [-0.15, -0.1) is 0 Å². The van der Waals surface area contributed by atoms with Gasteiger partial charge in [-0.3, -0.25) is 4.79 Å². The summed E-state index contributed by atoms with van der Waals surface area (Å²) in [4.78, 5) is 13.3. The third-order valence-corrected chi connectivity index (χ3v) is 5.37. The Bertz CT molecular complexity index is 758. The number of nitriles is 1. The van der Waals surface area contributed by atoms with E-state index >= 15 is 0 Å². The van der Waals surface area contributed by atoms with Crippen molar-refractivity contribution < 1.29 is 4.79 Å². The van der Waals surface area contributed by atoms with E-state index in [1.54, 1.807) is 0 Å². The molecule has 1 heterocycles. The van der Waals surface area contributed by atoms with Gasteiger partial charge >= 0.3 is 0 Å². The van der Waals surface area contributed by atoms with E-state index in [9.17, 15) is 10.1 Å². The Morgan fingerprint density at radius 2 is 1.96 bits per heavy atom. The van der Waals surface area contributed by atoms with Crippen molar-refractivity contribution in [2.24, 2.45) is 11.3 Å². The van der Waals surface area contributed by atoms with Gasteiger partial charge in [0.15, 0.2) is 5.78 Å². The van der Waals surface area contributed by atoms with Gasteiger partial charge in [0, 0.05) is 28.1 Å². The molecule has 0 aromatic heterocycles. The summed E-state index contributed by atoms with van der Waals surface area (Å²) in [6.07, 6.45) is 1.28. The van der Waals surface area contributed by atoms with Crippen LogP contribution in [0.4, 0.5) is 0 Å². The van der Waals surface area contributed by atoms with Crippen LogP contribution < -0.4 is 5.32 Å². The third kappa shape index (κ3) is 2.98. The molecular weight excluding hydrogens is 372 g/mol. The normalized spacial score (nSPS) is 26.3. The Labute approximate surface area is 149 Å². The van der Waals surface area contributed by atoms with Crippen molar-refractivity contribution in [2.75, 3.05) is 0 Å². The molecule has 1 aromatic carbocycles. The van der Waals surface area contributed by atoms with E-state index in [4.69, 9.17) is 12.2 Å². The van der Waals surface area contributed by atoms with Crippen LogP contribution in [0.5, 0.6) is 0 Å². The Morgan fingerprint density at radius 1 is 1.30 bits per heavy atom. The highest BCUT2D eigenvalue weighted by atomic mass is 79.9. The minimum Gasteiger partial charge on any atom is -0.352 e. The molecule has 1 aliphatic heterocycles. The van der Waals surface area contributed by atoms with Crippen molar-refractivity contribution in [1.29, 1.82) is 5.26 Å². The standard InChI is InChI=1S/C18H17BrN2OS/c1-18(2)7-13-16(14(22)8-18)15(12(9-20)17(23)21-13)10-3-5-11(19)6-4-10/h3-6,12,15H,7-8H2,1-2H3,(H,21,23). The summed E-state index contributed by atoms with van der Waals surface area (Å²) in [5.41, 5.74) is 2.52. The van der Waals surface area contributed by atoms with Crippen molar-refractivity contribution in [3.05, 3.63) is 45.6 Å². The van der Waals surface area contributed by atoms with Gasteiger partial charge in [-0.1, -0.05) is 54.1 Å². The molecule has 23 heavy (non-hydrogen) atoms. The SMILES string of the molecule is CC1(C)CC(=O)C2=C(C1)NC(=S)C(C#N)C2c1ccc(Br)cc1. The maximum absolute atomic E-state index is 12.8. The summed E-state index contributed by atoms with van der Waals surface area (Å²) in [5, 5.41) is 12.8. The molecule has 2 atom stereocenters. The zero-order valence-corrected chi connectivity index (χ0v) is 15.4. The Hall–Kier alpha value is -1.51. The van der Waals surface area contributed by atoms with Crippen molar-refractivity contribution in [3.8, 4) is 6.07 Å². The lowest BCUT2D eigenvalue weighted by Crippen LogP contribution is -2.44. The molecule has 0 spiro atoms. The molecule has 0 radical (unpaired) electrons. The number of halogens is 1. The molecule has 0 bridgehead atoms. The molecule has 5 heteroatoms. The lowest BCUT2D eigenvalue weighted by atomic mass is 9.67. The molecule has 0 saturated heterocycles. The fourth-order valence-corrected chi connectivity index (χ4v) is 4.09. The minimum absolute atomic E-state index is 0.0811. The van der Waals surface area contributed by atoms with Crippen molar-refractivity contribution in [3.63, 3.8) is 0 Å². The molecule has 3 nitrogen and oxygen atoms in total. The van der Waals surface area contributed by atoms with Crippen molar-refractivity contribution in [1.82, 2.24) is 5.32 Å². The van der Waals surface area contributed by atoms with E-state index in [0.29, 0.717) is 11.4 Å². The summed E-state index contributed by atoms with van der Waals surface area (Å²) in [5.74, 6) is -0.657. The number of rotatable bonds is 1. The van der Waals surface area contributed by atoms with E-state index in [1.165, 1.54) is 0 Å². The molecule has 118 valence electrons. The maximum atomic E-state index is 12.8. The van der Waals surface area contributed by atoms with Gasteiger partial charge in [-0.25, -0.2) is 0 Å². The highest BCUT2D eigenvalue weighted by molar-refractivity contribution is 9.10. The molecule has 2 unspecified atom stereocenters. The van der Waals surface area contributed by atoms with Gasteiger partial charge in [0.1, 0.15) is 5.92 Å². The summed E-state index contributed by atoms with van der Waals surface area (Å²) in [6.45, 7) is 4.18. The van der Waals surface area contributed by atoms with Gasteiger partial charge in [0.2, 0.25) is 0 Å². The first-order valence-corrected chi connectivity index (χ1v) is 8.75. The van der Waals surface area contributed by atoms with E-state index in [1.807, 2.05) is 24.3 Å². The Balaban J connectivity index is 2.16. The van der Waals surface area contributed by atoms with Gasteiger partial charge in [-0.2, -0.15) is 5.26 Å². The van der Waals surface area contributed by atoms with Gasteiger partial charge in [0.05, 0.1) is 11.1 Å². The monoisotopic (exact) mass is 388 g/mol. The lowest BCUT2D eigenvalue weighted by molar-refractivity contribution is -0.118. The van der Waals surface area contributed by atoms with Crippen molar-refractivity contribution >= 4 is 38.9 Å². The van der Waals surface area contributed by atoms with Crippen LogP contribution in [-0.4, -0.2) is 10.8 Å². The number of hydrogen-bond donors (Lipinski definition) is 1. The molecule has 0 fully saturated rings. The fourth-order valence-electron chi connectivity index (χ4n) is 3.51.